The largest absolute Gasteiger partial charge is 0.359 e. The summed E-state index contributed by atoms with van der Waals surface area (Å²) < 4.78 is 0. The molecule has 1 saturated heterocycles. The van der Waals surface area contributed by atoms with Gasteiger partial charge in [0, 0.05) is 5.69 Å². The fourth-order valence-electron chi connectivity index (χ4n) is 3.56. The van der Waals surface area contributed by atoms with Gasteiger partial charge < -0.3 is 20.4 Å². The van der Waals surface area contributed by atoms with E-state index in [2.05, 4.69) is 15.5 Å². The van der Waals surface area contributed by atoms with Crippen molar-refractivity contribution in [1.29, 1.82) is 0 Å². The molecule has 2 aromatic rings. The fraction of sp³-hybridized carbons (Fsp3) is 0.364. The van der Waals surface area contributed by atoms with Crippen molar-refractivity contribution in [3.63, 3.8) is 0 Å². The maximum atomic E-state index is 12.3. The number of rotatable bonds is 7. The topological polar surface area (TPSA) is 65.9 Å². The van der Waals surface area contributed by atoms with E-state index < -0.39 is 0 Å². The van der Waals surface area contributed by atoms with Crippen molar-refractivity contribution >= 4 is 34.8 Å². The van der Waals surface area contributed by atoms with Crippen LogP contribution in [0.25, 0.3) is 0 Å². The van der Waals surface area contributed by atoms with Crippen LogP contribution in [0.2, 0.25) is 5.02 Å². The van der Waals surface area contributed by atoms with Gasteiger partial charge in [-0.3, -0.25) is 9.59 Å². The number of hydrogen-bond donors (Lipinski definition) is 3. The van der Waals surface area contributed by atoms with E-state index in [4.69, 9.17) is 11.6 Å². The van der Waals surface area contributed by atoms with E-state index in [1.807, 2.05) is 55.5 Å². The second-order valence-electron chi connectivity index (χ2n) is 7.20. The summed E-state index contributed by atoms with van der Waals surface area (Å²) in [5.41, 5.74) is 2.92. The highest BCUT2D eigenvalue weighted by atomic mass is 35.5. The van der Waals surface area contributed by atoms with Gasteiger partial charge in [-0.15, -0.1) is 0 Å². The molecule has 1 fully saturated rings. The molecular formula is C22H28ClN4O2+. The Balaban J connectivity index is 1.40. The third-order valence-electron chi connectivity index (χ3n) is 5.19. The van der Waals surface area contributed by atoms with Crippen LogP contribution in [0.15, 0.2) is 48.5 Å². The second kappa shape index (κ2) is 10.3. The zero-order chi connectivity index (χ0) is 20.6. The smallest absolute Gasteiger partial charge is 0.275 e. The standard InChI is InChI=1S/C22H27ClN4O2/c1-2-17-7-3-5-9-19(17)25-21(28)15-24-22(29)16-26-11-13-27(14-12-26)20-10-6-4-8-18(20)23/h3-10H,2,11-16H2,1H3,(H,24,29)(H,25,28)/p+1. The van der Waals surface area contributed by atoms with Gasteiger partial charge in [-0.25, -0.2) is 0 Å². The number of aryl methyl sites for hydroxylation is 1. The number of quaternary nitrogens is 1. The summed E-state index contributed by atoms with van der Waals surface area (Å²) in [4.78, 5) is 27.9. The number of benzene rings is 2. The van der Waals surface area contributed by atoms with Gasteiger partial charge in [0.2, 0.25) is 5.91 Å². The fourth-order valence-corrected chi connectivity index (χ4v) is 3.82. The number of nitrogens with zero attached hydrogens (tertiary/aromatic N) is 1. The van der Waals surface area contributed by atoms with E-state index in [1.54, 1.807) is 0 Å². The number of halogens is 1. The van der Waals surface area contributed by atoms with Crippen LogP contribution in [0, 0.1) is 0 Å². The first-order valence-electron chi connectivity index (χ1n) is 10.0. The van der Waals surface area contributed by atoms with E-state index in [9.17, 15) is 9.59 Å². The zero-order valence-electron chi connectivity index (χ0n) is 16.7. The number of anilines is 2. The van der Waals surface area contributed by atoms with Gasteiger partial charge in [-0.05, 0) is 30.2 Å². The van der Waals surface area contributed by atoms with Gasteiger partial charge in [-0.2, -0.15) is 0 Å². The lowest BCUT2D eigenvalue weighted by molar-refractivity contribution is -0.892. The first-order valence-corrected chi connectivity index (χ1v) is 10.4. The summed E-state index contributed by atoms with van der Waals surface area (Å²) in [7, 11) is 0. The minimum Gasteiger partial charge on any atom is -0.359 e. The highest BCUT2D eigenvalue weighted by Crippen LogP contribution is 2.24. The first kappa shape index (κ1) is 21.1. The van der Waals surface area contributed by atoms with Crippen molar-refractivity contribution in [2.24, 2.45) is 0 Å². The van der Waals surface area contributed by atoms with Crippen LogP contribution in [0.1, 0.15) is 12.5 Å². The van der Waals surface area contributed by atoms with Crippen molar-refractivity contribution < 1.29 is 14.5 Å². The average Bonchev–Trinajstić information content (AvgIpc) is 2.74. The van der Waals surface area contributed by atoms with Crippen molar-refractivity contribution in [1.82, 2.24) is 5.32 Å². The lowest BCUT2D eigenvalue weighted by atomic mass is 10.1. The predicted molar refractivity (Wildman–Crippen MR) is 117 cm³/mol. The molecule has 6 nitrogen and oxygen atoms in total. The number of carbonyl (C=O) groups is 2. The molecule has 3 N–H and O–H groups in total. The Hall–Kier alpha value is -2.57. The lowest BCUT2D eigenvalue weighted by Crippen LogP contribution is -3.16. The number of nitrogens with one attached hydrogen (secondary N) is 3. The molecule has 154 valence electrons. The maximum absolute atomic E-state index is 12.3. The van der Waals surface area contributed by atoms with Gasteiger partial charge >= 0.3 is 0 Å². The van der Waals surface area contributed by atoms with Gasteiger partial charge in [0.05, 0.1) is 43.4 Å². The minimum atomic E-state index is -0.210. The normalized spacial score (nSPS) is 14.5. The van der Waals surface area contributed by atoms with Crippen LogP contribution in [0.4, 0.5) is 11.4 Å². The Bertz CT molecular complexity index is 850. The molecule has 2 aromatic carbocycles. The average molecular weight is 416 g/mol. The Morgan fingerprint density at radius 1 is 1.03 bits per heavy atom. The van der Waals surface area contributed by atoms with Crippen molar-refractivity contribution in [2.75, 3.05) is 49.5 Å². The highest BCUT2D eigenvalue weighted by Gasteiger charge is 2.23. The number of hydrogen-bond acceptors (Lipinski definition) is 3. The quantitative estimate of drug-likeness (QED) is 0.639. The van der Waals surface area contributed by atoms with Crippen LogP contribution in [-0.4, -0.2) is 51.1 Å². The van der Waals surface area contributed by atoms with E-state index in [0.717, 1.165) is 54.6 Å². The van der Waals surface area contributed by atoms with Gasteiger partial charge in [0.25, 0.3) is 5.91 Å². The summed E-state index contributed by atoms with van der Waals surface area (Å²) >= 11 is 6.28. The molecule has 29 heavy (non-hydrogen) atoms. The van der Waals surface area contributed by atoms with Crippen LogP contribution in [0.5, 0.6) is 0 Å². The first-order chi connectivity index (χ1) is 14.1. The van der Waals surface area contributed by atoms with Gasteiger partial charge in [-0.1, -0.05) is 48.9 Å². The van der Waals surface area contributed by atoms with Crippen molar-refractivity contribution in [2.45, 2.75) is 13.3 Å². The summed E-state index contributed by atoms with van der Waals surface area (Å²) in [5.74, 6) is -0.317. The SMILES string of the molecule is CCc1ccccc1NC(=O)CNC(=O)C[NH+]1CCN(c2ccccc2Cl)CC1. The number of piperazine rings is 1. The molecule has 0 bridgehead atoms. The predicted octanol–water partition coefficient (Wildman–Crippen LogP) is 1.36. The second-order valence-corrected chi connectivity index (χ2v) is 7.61. The highest BCUT2D eigenvalue weighted by molar-refractivity contribution is 6.33. The minimum absolute atomic E-state index is 0.0179. The Morgan fingerprint density at radius 2 is 1.72 bits per heavy atom. The maximum Gasteiger partial charge on any atom is 0.275 e. The summed E-state index contributed by atoms with van der Waals surface area (Å²) in [6.07, 6.45) is 0.840. The summed E-state index contributed by atoms with van der Waals surface area (Å²) in [6.45, 7) is 5.80. The number of carbonyl (C=O) groups excluding carboxylic acids is 2. The summed E-state index contributed by atoms with van der Waals surface area (Å²) in [5, 5.41) is 6.36. The molecule has 3 rings (SSSR count). The molecule has 0 saturated carbocycles. The monoisotopic (exact) mass is 415 g/mol. The molecule has 0 aliphatic carbocycles. The van der Waals surface area contributed by atoms with Crippen LogP contribution >= 0.6 is 11.6 Å². The van der Waals surface area contributed by atoms with Gasteiger partial charge in [0.1, 0.15) is 0 Å². The third-order valence-corrected chi connectivity index (χ3v) is 5.51. The molecule has 0 spiro atoms. The van der Waals surface area contributed by atoms with Crippen LogP contribution in [-0.2, 0) is 16.0 Å². The Morgan fingerprint density at radius 3 is 2.45 bits per heavy atom. The molecule has 0 atom stereocenters. The number of amides is 2. The van der Waals surface area contributed by atoms with Crippen molar-refractivity contribution in [3.05, 3.63) is 59.1 Å². The van der Waals surface area contributed by atoms with Gasteiger partial charge in [0.15, 0.2) is 6.54 Å². The molecule has 2 amide bonds. The molecule has 1 aliphatic rings. The Kier molecular flexibility index (Phi) is 7.49. The van der Waals surface area contributed by atoms with E-state index in [-0.39, 0.29) is 18.4 Å². The molecular weight excluding hydrogens is 388 g/mol. The molecule has 7 heteroatoms. The zero-order valence-corrected chi connectivity index (χ0v) is 17.5. The molecule has 1 heterocycles. The van der Waals surface area contributed by atoms with E-state index in [1.165, 1.54) is 4.90 Å². The molecule has 0 unspecified atom stereocenters. The third kappa shape index (κ3) is 5.95. The summed E-state index contributed by atoms with van der Waals surface area (Å²) in [6, 6.07) is 15.5. The van der Waals surface area contributed by atoms with E-state index in [0.29, 0.717) is 6.54 Å². The number of para-hydroxylation sites is 2. The van der Waals surface area contributed by atoms with Crippen molar-refractivity contribution in [3.8, 4) is 0 Å². The van der Waals surface area contributed by atoms with E-state index >= 15 is 0 Å². The lowest BCUT2D eigenvalue weighted by Gasteiger charge is -2.33. The molecule has 1 aliphatic heterocycles. The molecule has 0 radical (unpaired) electrons. The Labute approximate surface area is 176 Å². The molecule has 0 aromatic heterocycles. The van der Waals surface area contributed by atoms with Crippen LogP contribution in [0.3, 0.4) is 0 Å². The van der Waals surface area contributed by atoms with Crippen LogP contribution < -0.4 is 20.4 Å².